The quantitative estimate of drug-likeness (QED) is 0.174. The van der Waals surface area contributed by atoms with E-state index >= 15 is 0 Å². The molecule has 0 unspecified atom stereocenters. The van der Waals surface area contributed by atoms with E-state index in [0.29, 0.717) is 0 Å². The molecule has 5 heterocycles. The second kappa shape index (κ2) is 12.6. The fraction of sp³-hybridized carbons (Fsp3) is 0.0638. The van der Waals surface area contributed by atoms with Gasteiger partial charge in [0, 0.05) is 55.8 Å². The second-order valence-electron chi connectivity index (χ2n) is 13.7. The fourth-order valence-electron chi connectivity index (χ4n) is 7.28. The monoisotopic (exact) mass is 672 g/mol. The van der Waals surface area contributed by atoms with Crippen molar-refractivity contribution in [3.8, 4) is 0 Å². The van der Waals surface area contributed by atoms with Gasteiger partial charge in [-0.15, -0.1) is 0 Å². The number of carbonyl (C=O) groups excluding carboxylic acids is 1. The molecule has 0 saturated carbocycles. The van der Waals surface area contributed by atoms with Crippen molar-refractivity contribution in [1.29, 1.82) is 0 Å². The highest BCUT2D eigenvalue weighted by molar-refractivity contribution is 6.30. The Kier molecular flexibility index (Phi) is 7.55. The van der Waals surface area contributed by atoms with E-state index in [9.17, 15) is 4.79 Å². The number of hydrogen-bond donors (Lipinski definition) is 3. The number of benzene rings is 3. The molecule has 0 spiro atoms. The number of hydrogen-bond acceptors (Lipinski definition) is 2. The first-order chi connectivity index (χ1) is 25.4. The number of nitrogens with zero attached hydrogens (tertiary/aromatic N) is 1. The molecular formula is C47H36N4O. The number of H-pyrrole nitrogens is 3. The molecule has 9 rings (SSSR count). The van der Waals surface area contributed by atoms with Gasteiger partial charge in [0.15, 0.2) is 5.78 Å². The van der Waals surface area contributed by atoms with Gasteiger partial charge in [-0.05, 0) is 104 Å². The van der Waals surface area contributed by atoms with Crippen LogP contribution in [0.25, 0.3) is 22.3 Å². The second-order valence-corrected chi connectivity index (χ2v) is 13.7. The number of allylic oxidation sites excluding steroid dienone is 7. The van der Waals surface area contributed by atoms with E-state index in [1.165, 1.54) is 16.7 Å². The highest BCUT2D eigenvalue weighted by Crippen LogP contribution is 2.36. The summed E-state index contributed by atoms with van der Waals surface area (Å²) >= 11 is 0. The number of fused-ring (bicyclic) bond motifs is 7. The number of aryl methyl sites for hydroxylation is 3. The van der Waals surface area contributed by atoms with Crippen molar-refractivity contribution in [3.63, 3.8) is 0 Å². The molecule has 5 heteroatoms. The third kappa shape index (κ3) is 5.62. The van der Waals surface area contributed by atoms with Crippen molar-refractivity contribution in [2.24, 2.45) is 4.99 Å². The van der Waals surface area contributed by atoms with Gasteiger partial charge < -0.3 is 15.0 Å². The summed E-state index contributed by atoms with van der Waals surface area (Å²) in [4.78, 5) is 29.0. The van der Waals surface area contributed by atoms with Gasteiger partial charge in [0.05, 0.1) is 11.4 Å². The summed E-state index contributed by atoms with van der Waals surface area (Å²) < 4.78 is 0. The van der Waals surface area contributed by atoms with Crippen LogP contribution in [0.15, 0.2) is 162 Å². The van der Waals surface area contributed by atoms with Crippen LogP contribution < -0.4 is 10.7 Å². The van der Waals surface area contributed by atoms with Gasteiger partial charge in [-0.2, -0.15) is 0 Å². The Morgan fingerprint density at radius 1 is 0.404 bits per heavy atom. The molecule has 1 aliphatic carbocycles. The number of aliphatic imine (C=N–C) groups is 1. The van der Waals surface area contributed by atoms with Crippen molar-refractivity contribution in [2.75, 3.05) is 0 Å². The molecule has 2 aliphatic heterocycles. The standard InChI is InChI=1S/C47H36N4O/c1-28-4-10-31(11-5-28)44-36-20-22-38(48-36)45(32-12-6-29(2)7-13-32)40-24-26-42(50-40)47(34-16-18-35(52)19-17-34)43-27-25-41(51-43)46(39-23-21-37(44)49-39)33-14-8-30(3)9-15-33/h4-27,48,50-51H,1-3H3/b44-36-,45-38-,46-39-. The molecule has 0 atom stereocenters. The van der Waals surface area contributed by atoms with E-state index in [1.807, 2.05) is 12.2 Å². The van der Waals surface area contributed by atoms with E-state index in [2.05, 4.69) is 157 Å². The molecule has 0 saturated heterocycles. The van der Waals surface area contributed by atoms with E-state index in [0.717, 1.165) is 89.4 Å². The highest BCUT2D eigenvalue weighted by atomic mass is 16.1. The van der Waals surface area contributed by atoms with Crippen LogP contribution in [-0.4, -0.2) is 26.4 Å². The molecule has 3 aliphatic rings. The molecule has 0 fully saturated rings. The van der Waals surface area contributed by atoms with Crippen molar-refractivity contribution >= 4 is 33.8 Å². The van der Waals surface area contributed by atoms with Gasteiger partial charge in [-0.3, -0.25) is 4.79 Å². The SMILES string of the molecule is Cc1ccc(/C2=C3\C=CC(=N3)/C(c3ccc(C)cc3)=c3/cc/c([nH]3)=C(\c3ccc(C)cc3)c3ccc([nH]3)C(=C3C=CC(=O)C=C3)c3ccc2[nH]3)cc1. The Balaban J connectivity index is 1.40. The fourth-order valence-corrected chi connectivity index (χ4v) is 7.28. The maximum Gasteiger partial charge on any atom is 0.178 e. The minimum atomic E-state index is -0.0238. The van der Waals surface area contributed by atoms with Crippen LogP contribution in [0.3, 0.4) is 0 Å². The van der Waals surface area contributed by atoms with Crippen LogP contribution in [-0.2, 0) is 4.79 Å². The number of aromatic nitrogens is 3. The molecule has 3 aromatic carbocycles. The first-order valence-corrected chi connectivity index (χ1v) is 17.6. The predicted molar refractivity (Wildman–Crippen MR) is 211 cm³/mol. The zero-order valence-corrected chi connectivity index (χ0v) is 29.2. The smallest absolute Gasteiger partial charge is 0.178 e. The molecule has 0 amide bonds. The Morgan fingerprint density at radius 2 is 0.846 bits per heavy atom. The van der Waals surface area contributed by atoms with Gasteiger partial charge in [0.25, 0.3) is 0 Å². The zero-order chi connectivity index (χ0) is 35.3. The van der Waals surface area contributed by atoms with Crippen molar-refractivity contribution < 1.29 is 4.79 Å². The summed E-state index contributed by atoms with van der Waals surface area (Å²) in [6.45, 7) is 6.33. The molecule has 250 valence electrons. The average molecular weight is 673 g/mol. The molecule has 8 bridgehead atoms. The van der Waals surface area contributed by atoms with Gasteiger partial charge >= 0.3 is 0 Å². The first-order valence-electron chi connectivity index (χ1n) is 17.6. The predicted octanol–water partition coefficient (Wildman–Crippen LogP) is 8.32. The van der Waals surface area contributed by atoms with Crippen LogP contribution >= 0.6 is 0 Å². The Hall–Kier alpha value is -6.72. The summed E-state index contributed by atoms with van der Waals surface area (Å²) in [6, 6.07) is 38.8. The summed E-state index contributed by atoms with van der Waals surface area (Å²) in [7, 11) is 0. The molecule has 52 heavy (non-hydrogen) atoms. The number of rotatable bonds is 3. The Morgan fingerprint density at radius 3 is 1.38 bits per heavy atom. The van der Waals surface area contributed by atoms with Crippen LogP contribution in [0.2, 0.25) is 0 Å². The van der Waals surface area contributed by atoms with Gasteiger partial charge in [0.2, 0.25) is 0 Å². The lowest BCUT2D eigenvalue weighted by atomic mass is 9.98. The highest BCUT2D eigenvalue weighted by Gasteiger charge is 2.22. The van der Waals surface area contributed by atoms with Gasteiger partial charge in [-0.1, -0.05) is 102 Å². The number of carbonyl (C=O) groups is 1. The summed E-state index contributed by atoms with van der Waals surface area (Å²) in [6.07, 6.45) is 11.3. The minimum absolute atomic E-state index is 0.0238. The molecule has 5 nitrogen and oxygen atoms in total. The summed E-state index contributed by atoms with van der Waals surface area (Å²) in [5, 5.41) is 1.97. The normalized spacial score (nSPS) is 18.8. The lowest BCUT2D eigenvalue weighted by molar-refractivity contribution is -0.110. The van der Waals surface area contributed by atoms with E-state index in [4.69, 9.17) is 4.99 Å². The van der Waals surface area contributed by atoms with Crippen molar-refractivity contribution in [1.82, 2.24) is 15.0 Å². The van der Waals surface area contributed by atoms with Crippen LogP contribution in [0.4, 0.5) is 0 Å². The maximum atomic E-state index is 12.2. The van der Waals surface area contributed by atoms with Crippen molar-refractivity contribution in [3.05, 3.63) is 224 Å². The van der Waals surface area contributed by atoms with E-state index in [-0.39, 0.29) is 5.78 Å². The zero-order valence-electron chi connectivity index (χ0n) is 29.2. The first kappa shape index (κ1) is 31.3. The topological polar surface area (TPSA) is 76.8 Å². The molecule has 3 N–H and O–H groups in total. The summed E-state index contributed by atoms with van der Waals surface area (Å²) in [5.74, 6) is -0.0238. The van der Waals surface area contributed by atoms with Gasteiger partial charge in [0.1, 0.15) is 0 Å². The van der Waals surface area contributed by atoms with Crippen LogP contribution in [0, 0.1) is 20.8 Å². The van der Waals surface area contributed by atoms with E-state index in [1.54, 1.807) is 12.2 Å². The Labute approximate surface area is 302 Å². The number of ketones is 1. The molecule has 3 aromatic heterocycles. The van der Waals surface area contributed by atoms with E-state index < -0.39 is 0 Å². The van der Waals surface area contributed by atoms with Crippen LogP contribution in [0.5, 0.6) is 0 Å². The van der Waals surface area contributed by atoms with Crippen molar-refractivity contribution in [2.45, 2.75) is 20.8 Å². The van der Waals surface area contributed by atoms with Gasteiger partial charge in [-0.25, -0.2) is 4.99 Å². The average Bonchev–Trinajstić information content (AvgIpc) is 3.99. The van der Waals surface area contributed by atoms with Crippen LogP contribution in [0.1, 0.15) is 56.2 Å². The Bertz CT molecular complexity index is 2710. The molecular weight excluding hydrogens is 637 g/mol. The number of aromatic amines is 3. The number of nitrogens with one attached hydrogen (secondary N) is 3. The lowest BCUT2D eigenvalue weighted by Crippen LogP contribution is -2.19. The third-order valence-corrected chi connectivity index (χ3v) is 9.99. The minimum Gasteiger partial charge on any atom is -0.354 e. The maximum absolute atomic E-state index is 12.2. The molecule has 0 radical (unpaired) electrons. The third-order valence-electron chi connectivity index (χ3n) is 9.99. The largest absolute Gasteiger partial charge is 0.354 e. The summed E-state index contributed by atoms with van der Waals surface area (Å²) in [5.41, 5.74) is 17.4. The molecule has 6 aromatic rings. The lowest BCUT2D eigenvalue weighted by Gasteiger charge is -2.13.